The molecule has 0 radical (unpaired) electrons. The van der Waals surface area contributed by atoms with Gasteiger partial charge in [0.05, 0.1) is 11.3 Å². The van der Waals surface area contributed by atoms with Gasteiger partial charge in [-0.3, -0.25) is 9.36 Å². The van der Waals surface area contributed by atoms with E-state index in [2.05, 4.69) is 26.5 Å². The van der Waals surface area contributed by atoms with Crippen LogP contribution in [0.4, 0.5) is 5.82 Å². The molecule has 1 aliphatic carbocycles. The Balaban J connectivity index is 1.42. The van der Waals surface area contributed by atoms with Crippen molar-refractivity contribution in [2.75, 3.05) is 11.1 Å². The number of nitriles is 1. The van der Waals surface area contributed by atoms with Gasteiger partial charge in [-0.15, -0.1) is 5.10 Å². The quantitative estimate of drug-likeness (QED) is 0.455. The molecule has 0 unspecified atom stereocenters. The van der Waals surface area contributed by atoms with E-state index in [1.807, 2.05) is 54.8 Å². The van der Waals surface area contributed by atoms with Gasteiger partial charge in [0.1, 0.15) is 11.9 Å². The number of fused-ring (bicyclic) bond motifs is 2. The number of aromatic nitrogens is 5. The van der Waals surface area contributed by atoms with Crippen molar-refractivity contribution in [3.63, 3.8) is 0 Å². The Kier molecular flexibility index (Phi) is 5.60. The number of aryl methyl sites for hydroxylation is 2. The van der Waals surface area contributed by atoms with Crippen LogP contribution in [0.15, 0.2) is 41.6 Å². The minimum absolute atomic E-state index is 0.129. The van der Waals surface area contributed by atoms with Crippen molar-refractivity contribution in [3.8, 4) is 11.8 Å². The van der Waals surface area contributed by atoms with Crippen LogP contribution in [0.5, 0.6) is 0 Å². The van der Waals surface area contributed by atoms with E-state index in [-0.39, 0.29) is 11.7 Å². The lowest BCUT2D eigenvalue weighted by atomic mass is 9.95. The lowest BCUT2D eigenvalue weighted by Gasteiger charge is -2.17. The molecular weight excluding hydrogens is 434 g/mol. The number of rotatable bonds is 5. The Morgan fingerprint density at radius 3 is 2.76 bits per heavy atom. The first-order chi connectivity index (χ1) is 16.0. The molecule has 33 heavy (non-hydrogen) atoms. The van der Waals surface area contributed by atoms with E-state index in [0.717, 1.165) is 54.0 Å². The second-order valence-corrected chi connectivity index (χ2v) is 9.06. The summed E-state index contributed by atoms with van der Waals surface area (Å²) in [4.78, 5) is 21.8. The zero-order valence-electron chi connectivity index (χ0n) is 18.5. The summed E-state index contributed by atoms with van der Waals surface area (Å²) in [5.74, 6) is 0.998. The van der Waals surface area contributed by atoms with Gasteiger partial charge >= 0.3 is 0 Å². The number of para-hydroxylation sites is 1. The van der Waals surface area contributed by atoms with Crippen LogP contribution in [0.3, 0.4) is 0 Å². The summed E-state index contributed by atoms with van der Waals surface area (Å²) in [7, 11) is 0. The zero-order valence-corrected chi connectivity index (χ0v) is 19.3. The molecule has 9 heteroatoms. The number of thioether (sulfide) groups is 1. The van der Waals surface area contributed by atoms with Crippen LogP contribution in [0.25, 0.3) is 11.5 Å². The Morgan fingerprint density at radius 1 is 1.18 bits per heavy atom. The average molecular weight is 458 g/mol. The minimum atomic E-state index is -0.205. The maximum absolute atomic E-state index is 13.0. The molecule has 1 aliphatic rings. The summed E-state index contributed by atoms with van der Waals surface area (Å²) >= 11 is 1.25. The molecule has 3 heterocycles. The van der Waals surface area contributed by atoms with E-state index in [0.29, 0.717) is 22.3 Å². The molecule has 0 fully saturated rings. The van der Waals surface area contributed by atoms with Crippen molar-refractivity contribution >= 4 is 29.3 Å². The van der Waals surface area contributed by atoms with Crippen molar-refractivity contribution in [2.45, 2.75) is 44.7 Å². The molecule has 4 aromatic rings. The molecule has 0 aliphatic heterocycles. The molecule has 1 amide bonds. The molecule has 0 saturated carbocycles. The van der Waals surface area contributed by atoms with E-state index >= 15 is 0 Å². The maximum atomic E-state index is 13.0. The smallest absolute Gasteiger partial charge is 0.253 e. The number of anilines is 1. The van der Waals surface area contributed by atoms with Gasteiger partial charge < -0.3 is 5.32 Å². The normalized spacial score (nSPS) is 13.0. The lowest BCUT2D eigenvalue weighted by Crippen LogP contribution is -2.18. The number of amides is 1. The van der Waals surface area contributed by atoms with E-state index in [4.69, 9.17) is 0 Å². The minimum Gasteiger partial charge on any atom is -0.310 e. The molecule has 0 bridgehead atoms. The third kappa shape index (κ3) is 3.98. The molecule has 5 rings (SSSR count). The van der Waals surface area contributed by atoms with Crippen molar-refractivity contribution < 1.29 is 4.79 Å². The van der Waals surface area contributed by atoms with E-state index < -0.39 is 0 Å². The first kappa shape index (κ1) is 21.2. The van der Waals surface area contributed by atoms with Crippen LogP contribution in [0.2, 0.25) is 0 Å². The average Bonchev–Trinajstić information content (AvgIpc) is 3.36. The molecule has 0 atom stereocenters. The number of nitrogens with one attached hydrogen (secondary N) is 1. The number of hydrogen-bond donors (Lipinski definition) is 1. The first-order valence-corrected chi connectivity index (χ1v) is 11.9. The van der Waals surface area contributed by atoms with Crippen LogP contribution in [-0.2, 0) is 17.6 Å². The predicted molar refractivity (Wildman–Crippen MR) is 127 cm³/mol. The van der Waals surface area contributed by atoms with Gasteiger partial charge in [0.15, 0.2) is 0 Å². The fraction of sp³-hybridized carbons (Fsp3) is 0.292. The highest BCUT2D eigenvalue weighted by Crippen LogP contribution is 2.35. The number of nitrogens with zero attached hydrogens (tertiary/aromatic N) is 6. The topological polar surface area (TPSA) is 101 Å². The van der Waals surface area contributed by atoms with Gasteiger partial charge in [-0.05, 0) is 63.3 Å². The van der Waals surface area contributed by atoms with E-state index in [9.17, 15) is 10.1 Å². The standard InChI is InChI=1S/C24H23N7OS/c1-15-12-16(2)31-23(26-15)28-24(29-31)33-14-21(32)27-22-19(13-25)18-10-6-7-11-20(18)30(22)17-8-4-3-5-9-17/h3-5,8-9,12H,6-7,10-11,14H2,1-2H3,(H,27,32). The van der Waals surface area contributed by atoms with Gasteiger partial charge in [-0.2, -0.15) is 10.2 Å². The summed E-state index contributed by atoms with van der Waals surface area (Å²) in [6.07, 6.45) is 3.87. The summed E-state index contributed by atoms with van der Waals surface area (Å²) in [5, 5.41) is 17.9. The van der Waals surface area contributed by atoms with Crippen LogP contribution in [-0.4, -0.2) is 35.8 Å². The summed E-state index contributed by atoms with van der Waals surface area (Å²) in [5.41, 5.74) is 5.48. The molecule has 0 spiro atoms. The van der Waals surface area contributed by atoms with Crippen molar-refractivity contribution in [1.82, 2.24) is 24.1 Å². The fourth-order valence-electron chi connectivity index (χ4n) is 4.40. The highest BCUT2D eigenvalue weighted by Gasteiger charge is 2.26. The Labute approximate surface area is 195 Å². The maximum Gasteiger partial charge on any atom is 0.253 e. The second-order valence-electron chi connectivity index (χ2n) is 8.12. The van der Waals surface area contributed by atoms with E-state index in [1.54, 1.807) is 4.52 Å². The SMILES string of the molecule is Cc1cc(C)n2nc(SCC(=O)Nc3c(C#N)c4c(n3-c3ccccc3)CCCC4)nc2n1. The highest BCUT2D eigenvalue weighted by atomic mass is 32.2. The Morgan fingerprint density at radius 2 is 1.97 bits per heavy atom. The number of hydrogen-bond acceptors (Lipinski definition) is 6. The molecule has 3 aromatic heterocycles. The van der Waals surface area contributed by atoms with Crippen LogP contribution < -0.4 is 5.32 Å². The summed E-state index contributed by atoms with van der Waals surface area (Å²) in [6, 6.07) is 14.2. The number of benzene rings is 1. The van der Waals surface area contributed by atoms with E-state index in [1.165, 1.54) is 11.8 Å². The van der Waals surface area contributed by atoms with Crippen molar-refractivity contribution in [2.24, 2.45) is 0 Å². The van der Waals surface area contributed by atoms with Crippen LogP contribution >= 0.6 is 11.8 Å². The second kappa shape index (κ2) is 8.71. The zero-order chi connectivity index (χ0) is 22.9. The van der Waals surface area contributed by atoms with Crippen LogP contribution in [0, 0.1) is 25.2 Å². The van der Waals surface area contributed by atoms with Crippen molar-refractivity contribution in [1.29, 1.82) is 5.26 Å². The number of carbonyl (C=O) groups excluding carboxylic acids is 1. The summed E-state index contributed by atoms with van der Waals surface area (Å²) in [6.45, 7) is 3.86. The Hall–Kier alpha value is -3.64. The molecule has 0 saturated heterocycles. The molecule has 8 nitrogen and oxygen atoms in total. The third-order valence-electron chi connectivity index (χ3n) is 5.79. The Bertz CT molecular complexity index is 1400. The molecule has 1 N–H and O–H groups in total. The monoisotopic (exact) mass is 457 g/mol. The van der Waals surface area contributed by atoms with Gasteiger partial charge in [-0.25, -0.2) is 9.50 Å². The van der Waals surface area contributed by atoms with Gasteiger partial charge in [0, 0.05) is 22.8 Å². The van der Waals surface area contributed by atoms with Gasteiger partial charge in [-0.1, -0.05) is 30.0 Å². The fourth-order valence-corrected chi connectivity index (χ4v) is 5.02. The summed E-state index contributed by atoms with van der Waals surface area (Å²) < 4.78 is 3.71. The van der Waals surface area contributed by atoms with Gasteiger partial charge in [0.2, 0.25) is 11.1 Å². The largest absolute Gasteiger partial charge is 0.310 e. The van der Waals surface area contributed by atoms with Gasteiger partial charge in [0.25, 0.3) is 5.78 Å². The third-order valence-corrected chi connectivity index (χ3v) is 6.62. The first-order valence-electron chi connectivity index (χ1n) is 10.9. The van der Waals surface area contributed by atoms with Crippen molar-refractivity contribution in [3.05, 3.63) is 64.6 Å². The lowest BCUT2D eigenvalue weighted by molar-refractivity contribution is -0.113. The van der Waals surface area contributed by atoms with Crippen LogP contribution in [0.1, 0.15) is 41.1 Å². The molecule has 1 aromatic carbocycles. The predicted octanol–water partition coefficient (Wildman–Crippen LogP) is 4.01. The number of carbonyl (C=O) groups is 1. The molecular formula is C24H23N7OS. The highest BCUT2D eigenvalue weighted by molar-refractivity contribution is 7.99. The molecule has 166 valence electrons.